The second kappa shape index (κ2) is 6.90. The van der Waals surface area contributed by atoms with Crippen molar-refractivity contribution in [2.24, 2.45) is 0 Å². The summed E-state index contributed by atoms with van der Waals surface area (Å²) in [5.74, 6) is -1.72. The van der Waals surface area contributed by atoms with E-state index in [1.807, 2.05) is 0 Å². The summed E-state index contributed by atoms with van der Waals surface area (Å²) >= 11 is 0. The summed E-state index contributed by atoms with van der Waals surface area (Å²) in [6.07, 6.45) is 1.37. The van der Waals surface area contributed by atoms with Crippen LogP contribution in [0.5, 0.6) is 0 Å². The Morgan fingerprint density at radius 2 is 1.89 bits per heavy atom. The summed E-state index contributed by atoms with van der Waals surface area (Å²) < 4.78 is 0. The van der Waals surface area contributed by atoms with Gasteiger partial charge in [-0.15, -0.1) is 0 Å². The highest BCUT2D eigenvalue weighted by molar-refractivity contribution is 5.89. The van der Waals surface area contributed by atoms with Gasteiger partial charge < -0.3 is 20.4 Å². The summed E-state index contributed by atoms with van der Waals surface area (Å²) in [6.45, 7) is -0.960. The lowest BCUT2D eigenvalue weighted by atomic mass is 9.88. The van der Waals surface area contributed by atoms with Crippen LogP contribution in [-0.4, -0.2) is 46.2 Å². The molecular weight excluding hydrogens is 236 g/mol. The maximum atomic E-state index is 11.1. The smallest absolute Gasteiger partial charge is 0.335 e. The topological polar surface area (TPSA) is 98.0 Å². The molecular formula is C13H16O5. The van der Waals surface area contributed by atoms with Crippen LogP contribution in [0.1, 0.15) is 21.8 Å². The average molecular weight is 252 g/mol. The Bertz CT molecular complexity index is 439. The third kappa shape index (κ3) is 3.16. The lowest BCUT2D eigenvalue weighted by Gasteiger charge is -2.19. The fourth-order valence-corrected chi connectivity index (χ4v) is 1.85. The first-order valence-electron chi connectivity index (χ1n) is 5.49. The summed E-state index contributed by atoms with van der Waals surface area (Å²) in [5, 5.41) is 36.5. The van der Waals surface area contributed by atoms with E-state index < -0.39 is 11.9 Å². The summed E-state index contributed by atoms with van der Waals surface area (Å²) in [5.41, 5.74) is 0.892. The maximum absolute atomic E-state index is 11.1. The fourth-order valence-electron chi connectivity index (χ4n) is 1.85. The van der Waals surface area contributed by atoms with Crippen molar-refractivity contribution in [3.8, 4) is 0 Å². The maximum Gasteiger partial charge on any atom is 0.335 e. The van der Waals surface area contributed by atoms with E-state index in [0.29, 0.717) is 11.1 Å². The standard InChI is InChI=1S/C13H16O5/c14-6-5-9(7-15)12(8-16)10-3-1-2-4-11(10)13(17)18/h1-5,12,14-16H,6-8H2,(H,17,18). The first-order valence-corrected chi connectivity index (χ1v) is 5.49. The molecule has 0 saturated carbocycles. The number of hydrogen-bond acceptors (Lipinski definition) is 4. The average Bonchev–Trinajstić information content (AvgIpc) is 2.39. The summed E-state index contributed by atoms with van der Waals surface area (Å²) in [6, 6.07) is 6.29. The van der Waals surface area contributed by atoms with Crippen LogP contribution in [0.2, 0.25) is 0 Å². The second-order valence-electron chi connectivity index (χ2n) is 3.75. The van der Waals surface area contributed by atoms with Crippen molar-refractivity contribution in [1.29, 1.82) is 0 Å². The largest absolute Gasteiger partial charge is 0.478 e. The Kier molecular flexibility index (Phi) is 5.51. The molecule has 0 radical (unpaired) electrons. The highest BCUT2D eigenvalue weighted by Gasteiger charge is 2.20. The summed E-state index contributed by atoms with van der Waals surface area (Å²) in [4.78, 5) is 11.1. The Balaban J connectivity index is 3.24. The van der Waals surface area contributed by atoms with Gasteiger partial charge in [-0.05, 0) is 17.2 Å². The minimum Gasteiger partial charge on any atom is -0.478 e. The van der Waals surface area contributed by atoms with Crippen molar-refractivity contribution in [3.63, 3.8) is 0 Å². The first kappa shape index (κ1) is 14.4. The molecule has 5 nitrogen and oxygen atoms in total. The molecule has 98 valence electrons. The van der Waals surface area contributed by atoms with E-state index in [1.165, 1.54) is 12.1 Å². The molecule has 4 N–H and O–H groups in total. The molecule has 0 amide bonds. The molecule has 0 spiro atoms. The molecule has 1 aromatic carbocycles. The minimum absolute atomic E-state index is 0.0776. The molecule has 1 atom stereocenters. The van der Waals surface area contributed by atoms with Crippen LogP contribution < -0.4 is 0 Å². The first-order chi connectivity index (χ1) is 8.65. The van der Waals surface area contributed by atoms with E-state index >= 15 is 0 Å². The quantitative estimate of drug-likeness (QED) is 0.548. The van der Waals surface area contributed by atoms with Gasteiger partial charge in [0.15, 0.2) is 0 Å². The number of aliphatic hydroxyl groups excluding tert-OH is 3. The predicted octanol–water partition coefficient (Wildman–Crippen LogP) is 0.372. The van der Waals surface area contributed by atoms with Gasteiger partial charge in [0.2, 0.25) is 0 Å². The van der Waals surface area contributed by atoms with Gasteiger partial charge in [-0.2, -0.15) is 0 Å². The number of aliphatic hydroxyl groups is 3. The molecule has 5 heteroatoms. The molecule has 0 aromatic heterocycles. The van der Waals surface area contributed by atoms with Crippen molar-refractivity contribution in [1.82, 2.24) is 0 Å². The molecule has 1 unspecified atom stereocenters. The lowest BCUT2D eigenvalue weighted by Crippen LogP contribution is -2.15. The van der Waals surface area contributed by atoms with Gasteiger partial charge in [0.1, 0.15) is 0 Å². The molecule has 0 aliphatic rings. The van der Waals surface area contributed by atoms with Gasteiger partial charge in [0.25, 0.3) is 0 Å². The normalized spacial score (nSPS) is 13.4. The number of rotatable bonds is 6. The van der Waals surface area contributed by atoms with Crippen molar-refractivity contribution >= 4 is 5.97 Å². The zero-order valence-corrected chi connectivity index (χ0v) is 9.78. The van der Waals surface area contributed by atoms with Gasteiger partial charge in [0.05, 0.1) is 25.4 Å². The van der Waals surface area contributed by atoms with Gasteiger partial charge in [-0.25, -0.2) is 4.79 Å². The van der Waals surface area contributed by atoms with E-state index in [1.54, 1.807) is 18.2 Å². The minimum atomic E-state index is -1.09. The summed E-state index contributed by atoms with van der Waals surface area (Å²) in [7, 11) is 0. The second-order valence-corrected chi connectivity index (χ2v) is 3.75. The third-order valence-corrected chi connectivity index (χ3v) is 2.73. The zero-order valence-electron chi connectivity index (χ0n) is 9.78. The fraction of sp³-hybridized carbons (Fsp3) is 0.308. The van der Waals surface area contributed by atoms with Crippen LogP contribution >= 0.6 is 0 Å². The number of hydrogen-bond donors (Lipinski definition) is 4. The zero-order chi connectivity index (χ0) is 13.5. The van der Waals surface area contributed by atoms with Crippen LogP contribution in [0.25, 0.3) is 0 Å². The predicted molar refractivity (Wildman–Crippen MR) is 65.5 cm³/mol. The van der Waals surface area contributed by atoms with E-state index in [0.717, 1.165) is 0 Å². The van der Waals surface area contributed by atoms with Gasteiger partial charge >= 0.3 is 5.97 Å². The molecule has 0 aliphatic heterocycles. The number of carboxylic acids is 1. The van der Waals surface area contributed by atoms with E-state index in [4.69, 9.17) is 10.2 Å². The number of aromatic carboxylic acids is 1. The molecule has 0 aliphatic carbocycles. The van der Waals surface area contributed by atoms with Crippen LogP contribution in [0.3, 0.4) is 0 Å². The highest BCUT2D eigenvalue weighted by Crippen LogP contribution is 2.26. The van der Waals surface area contributed by atoms with E-state index in [2.05, 4.69) is 0 Å². The molecule has 1 rings (SSSR count). The Morgan fingerprint density at radius 3 is 2.39 bits per heavy atom. The Labute approximate surface area is 105 Å². The third-order valence-electron chi connectivity index (χ3n) is 2.73. The number of carboxylic acid groups (broad SMARTS) is 1. The van der Waals surface area contributed by atoms with Crippen molar-refractivity contribution < 1.29 is 25.2 Å². The Hall–Kier alpha value is -1.69. The molecule has 0 fully saturated rings. The van der Waals surface area contributed by atoms with Crippen LogP contribution in [0.15, 0.2) is 35.9 Å². The highest BCUT2D eigenvalue weighted by atomic mass is 16.4. The molecule has 18 heavy (non-hydrogen) atoms. The SMILES string of the molecule is O=C(O)c1ccccc1C(CO)C(=CCO)CO. The van der Waals surface area contributed by atoms with Crippen LogP contribution in [0.4, 0.5) is 0 Å². The van der Waals surface area contributed by atoms with Crippen LogP contribution in [-0.2, 0) is 0 Å². The van der Waals surface area contributed by atoms with Gasteiger partial charge in [0, 0.05) is 5.92 Å². The van der Waals surface area contributed by atoms with E-state index in [9.17, 15) is 15.0 Å². The van der Waals surface area contributed by atoms with Crippen molar-refractivity contribution in [2.45, 2.75) is 5.92 Å². The van der Waals surface area contributed by atoms with Gasteiger partial charge in [-0.3, -0.25) is 0 Å². The van der Waals surface area contributed by atoms with Crippen molar-refractivity contribution in [2.75, 3.05) is 19.8 Å². The molecule has 0 saturated heterocycles. The monoisotopic (exact) mass is 252 g/mol. The number of benzene rings is 1. The van der Waals surface area contributed by atoms with Crippen molar-refractivity contribution in [3.05, 3.63) is 47.0 Å². The molecule has 1 aromatic rings. The van der Waals surface area contributed by atoms with E-state index in [-0.39, 0.29) is 25.4 Å². The molecule has 0 heterocycles. The molecule has 0 bridgehead atoms. The van der Waals surface area contributed by atoms with Crippen LogP contribution in [0, 0.1) is 0 Å². The lowest BCUT2D eigenvalue weighted by molar-refractivity contribution is 0.0695. The van der Waals surface area contributed by atoms with Gasteiger partial charge in [-0.1, -0.05) is 24.3 Å². The number of carbonyl (C=O) groups is 1. The Morgan fingerprint density at radius 1 is 1.22 bits per heavy atom.